The summed E-state index contributed by atoms with van der Waals surface area (Å²) in [5.41, 5.74) is -0.534. The van der Waals surface area contributed by atoms with Crippen LogP contribution in [0.2, 0.25) is 0 Å². The van der Waals surface area contributed by atoms with Gasteiger partial charge in [-0.25, -0.2) is 4.79 Å². The lowest BCUT2D eigenvalue weighted by Crippen LogP contribution is -2.30. The number of methoxy groups -OCH3 is 1. The van der Waals surface area contributed by atoms with E-state index in [9.17, 15) is 20.0 Å². The van der Waals surface area contributed by atoms with E-state index < -0.39 is 16.5 Å². The number of anilines is 1. The van der Waals surface area contributed by atoms with Gasteiger partial charge in [-0.2, -0.15) is 0 Å². The number of aromatic hydroxyl groups is 1. The van der Waals surface area contributed by atoms with Crippen LogP contribution in [-0.4, -0.2) is 37.3 Å². The molecular formula is C23H20N2O8. The molecule has 10 heteroatoms. The Kier molecular flexibility index (Phi) is 5.62. The summed E-state index contributed by atoms with van der Waals surface area (Å²) in [5.74, 6) is -0.660. The van der Waals surface area contributed by atoms with Crippen LogP contribution in [0.5, 0.6) is 11.5 Å². The summed E-state index contributed by atoms with van der Waals surface area (Å²) < 4.78 is 11.4. The van der Waals surface area contributed by atoms with Crippen LogP contribution in [0.1, 0.15) is 27.0 Å². The van der Waals surface area contributed by atoms with Crippen molar-refractivity contribution in [1.82, 2.24) is 0 Å². The molecule has 3 aromatic carbocycles. The minimum Gasteiger partial charge on any atom is -0.507 e. The van der Waals surface area contributed by atoms with Crippen LogP contribution in [0, 0.1) is 10.1 Å². The maximum Gasteiger partial charge on any atom is 0.340 e. The zero-order valence-electron chi connectivity index (χ0n) is 18.0. The standard InChI is InChI=1S/C23H20N2O8/c1-30-21-11-9-14(24(28)29)12-19(21)23(17-7-5-4-6-16(17)22(27)33-23)18-10-8-15(13-20(18)26)25(31-2)32-3/h4-13,26H,1-3H3. The molecule has 1 N–H and O–H groups in total. The van der Waals surface area contributed by atoms with Gasteiger partial charge in [-0.05, 0) is 24.3 Å². The van der Waals surface area contributed by atoms with Gasteiger partial charge in [0.05, 0.1) is 43.1 Å². The number of esters is 1. The lowest BCUT2D eigenvalue weighted by molar-refractivity contribution is -0.385. The number of cyclic esters (lactones) is 1. The predicted octanol–water partition coefficient (Wildman–Crippen LogP) is 3.70. The summed E-state index contributed by atoms with van der Waals surface area (Å²) >= 11 is 0. The summed E-state index contributed by atoms with van der Waals surface area (Å²) in [4.78, 5) is 34.1. The van der Waals surface area contributed by atoms with Crippen molar-refractivity contribution >= 4 is 17.3 Å². The Morgan fingerprint density at radius 2 is 1.70 bits per heavy atom. The molecular weight excluding hydrogens is 432 g/mol. The molecule has 0 aromatic heterocycles. The highest BCUT2D eigenvalue weighted by molar-refractivity contribution is 5.96. The van der Waals surface area contributed by atoms with Crippen LogP contribution in [0.3, 0.4) is 0 Å². The van der Waals surface area contributed by atoms with Crippen molar-refractivity contribution in [1.29, 1.82) is 0 Å². The lowest BCUT2D eigenvalue weighted by atomic mass is 9.78. The molecule has 10 nitrogen and oxygen atoms in total. The summed E-state index contributed by atoms with van der Waals surface area (Å²) in [7, 11) is 4.18. The molecule has 1 aliphatic heterocycles. The van der Waals surface area contributed by atoms with Crippen LogP contribution < -0.4 is 9.96 Å². The van der Waals surface area contributed by atoms with E-state index in [-0.39, 0.29) is 33.9 Å². The molecule has 1 aliphatic rings. The number of non-ortho nitro benzene ring substituents is 1. The number of phenolic OH excluding ortho intramolecular Hbond substituents is 1. The second kappa shape index (κ2) is 8.41. The van der Waals surface area contributed by atoms with Crippen molar-refractivity contribution in [3.63, 3.8) is 0 Å². The van der Waals surface area contributed by atoms with E-state index in [1.165, 1.54) is 51.7 Å². The van der Waals surface area contributed by atoms with E-state index in [1.54, 1.807) is 30.3 Å². The van der Waals surface area contributed by atoms with Crippen LogP contribution in [0.15, 0.2) is 60.7 Å². The summed E-state index contributed by atoms with van der Waals surface area (Å²) in [6.45, 7) is 0. The normalized spacial score (nSPS) is 16.8. The number of phenols is 1. The topological polar surface area (TPSA) is 121 Å². The third-order valence-electron chi connectivity index (χ3n) is 5.45. The van der Waals surface area contributed by atoms with E-state index in [4.69, 9.17) is 19.1 Å². The molecule has 170 valence electrons. The molecule has 0 saturated carbocycles. The van der Waals surface area contributed by atoms with Gasteiger partial charge in [0.15, 0.2) is 5.60 Å². The van der Waals surface area contributed by atoms with E-state index in [0.29, 0.717) is 11.3 Å². The number of carbonyl (C=O) groups is 1. The van der Waals surface area contributed by atoms with E-state index in [2.05, 4.69) is 0 Å². The molecule has 33 heavy (non-hydrogen) atoms. The number of hydrogen-bond acceptors (Lipinski definition) is 9. The fraction of sp³-hybridized carbons (Fsp3) is 0.174. The van der Waals surface area contributed by atoms with Crippen molar-refractivity contribution in [2.75, 3.05) is 26.6 Å². The van der Waals surface area contributed by atoms with Gasteiger partial charge in [0.2, 0.25) is 0 Å². The van der Waals surface area contributed by atoms with Gasteiger partial charge in [-0.15, -0.1) is 5.23 Å². The number of hydrogen-bond donors (Lipinski definition) is 1. The minimum atomic E-state index is -1.71. The highest BCUT2D eigenvalue weighted by atomic mass is 16.9. The first-order valence-corrected chi connectivity index (χ1v) is 9.75. The van der Waals surface area contributed by atoms with Gasteiger partial charge in [0.1, 0.15) is 11.5 Å². The summed E-state index contributed by atoms with van der Waals surface area (Å²) in [5, 5.41) is 23.7. The van der Waals surface area contributed by atoms with Crippen LogP contribution in [0.4, 0.5) is 11.4 Å². The number of nitro groups is 1. The average Bonchev–Trinajstić information content (AvgIpc) is 3.12. The van der Waals surface area contributed by atoms with E-state index in [0.717, 1.165) is 5.23 Å². The first-order chi connectivity index (χ1) is 15.9. The lowest BCUT2D eigenvalue weighted by Gasteiger charge is -2.32. The fourth-order valence-corrected chi connectivity index (χ4v) is 4.06. The first-order valence-electron chi connectivity index (χ1n) is 9.75. The highest BCUT2D eigenvalue weighted by Gasteiger charge is 2.52. The van der Waals surface area contributed by atoms with Gasteiger partial charge in [0, 0.05) is 29.3 Å². The largest absolute Gasteiger partial charge is 0.507 e. The third-order valence-corrected chi connectivity index (χ3v) is 5.45. The van der Waals surface area contributed by atoms with Crippen molar-refractivity contribution in [2.45, 2.75) is 5.60 Å². The Balaban J connectivity index is 2.06. The molecule has 0 saturated heterocycles. The van der Waals surface area contributed by atoms with E-state index >= 15 is 0 Å². The summed E-state index contributed by atoms with van der Waals surface area (Å²) in [6.07, 6.45) is 0. The smallest absolute Gasteiger partial charge is 0.340 e. The number of nitrogens with zero attached hydrogens (tertiary/aromatic N) is 2. The maximum atomic E-state index is 12.9. The Bertz CT molecular complexity index is 1240. The monoisotopic (exact) mass is 452 g/mol. The molecule has 0 amide bonds. The molecule has 1 unspecified atom stereocenters. The van der Waals surface area contributed by atoms with Gasteiger partial charge in [-0.1, -0.05) is 18.2 Å². The van der Waals surface area contributed by atoms with Gasteiger partial charge >= 0.3 is 5.97 Å². The average molecular weight is 452 g/mol. The van der Waals surface area contributed by atoms with Crippen molar-refractivity contribution < 1.29 is 34.0 Å². The quantitative estimate of drug-likeness (QED) is 0.325. The van der Waals surface area contributed by atoms with Crippen molar-refractivity contribution in [2.24, 2.45) is 0 Å². The second-order valence-corrected chi connectivity index (χ2v) is 7.08. The zero-order valence-corrected chi connectivity index (χ0v) is 18.0. The second-order valence-electron chi connectivity index (χ2n) is 7.08. The van der Waals surface area contributed by atoms with Crippen LogP contribution in [0.25, 0.3) is 0 Å². The third kappa shape index (κ3) is 3.41. The number of benzene rings is 3. The van der Waals surface area contributed by atoms with Gasteiger partial charge in [0.25, 0.3) is 5.69 Å². The molecule has 0 spiro atoms. The Labute approximate surface area is 188 Å². The molecule has 1 atom stereocenters. The maximum absolute atomic E-state index is 12.9. The van der Waals surface area contributed by atoms with E-state index in [1.807, 2.05) is 0 Å². The van der Waals surface area contributed by atoms with Crippen LogP contribution >= 0.6 is 0 Å². The molecule has 1 heterocycles. The highest BCUT2D eigenvalue weighted by Crippen LogP contribution is 2.53. The molecule has 0 aliphatic carbocycles. The number of rotatable bonds is 7. The Hall–Kier alpha value is -4.15. The first kappa shape index (κ1) is 22.1. The minimum absolute atomic E-state index is 0.176. The fourth-order valence-electron chi connectivity index (χ4n) is 4.06. The van der Waals surface area contributed by atoms with Gasteiger partial charge in [-0.3, -0.25) is 19.8 Å². The number of carbonyl (C=O) groups excluding carboxylic acids is 1. The zero-order chi connectivity index (χ0) is 23.8. The number of ether oxygens (including phenoxy) is 2. The van der Waals surface area contributed by atoms with Crippen molar-refractivity contribution in [3.8, 4) is 11.5 Å². The van der Waals surface area contributed by atoms with Gasteiger partial charge < -0.3 is 14.6 Å². The Morgan fingerprint density at radius 3 is 2.33 bits per heavy atom. The predicted molar refractivity (Wildman–Crippen MR) is 116 cm³/mol. The molecule has 0 radical (unpaired) electrons. The molecule has 4 rings (SSSR count). The molecule has 3 aromatic rings. The SMILES string of the molecule is COc1ccc([N+](=O)[O-])cc1C1(c2ccc(N(OC)OC)cc2O)OC(=O)c2ccccc21. The van der Waals surface area contributed by atoms with Crippen LogP contribution in [-0.2, 0) is 20.0 Å². The Morgan fingerprint density at radius 1 is 0.970 bits per heavy atom. The summed E-state index contributed by atoms with van der Waals surface area (Å²) in [6, 6.07) is 15.1. The number of fused-ring (bicyclic) bond motifs is 1. The van der Waals surface area contributed by atoms with Crippen molar-refractivity contribution in [3.05, 3.63) is 93.0 Å². The number of nitro benzene ring substituents is 1. The molecule has 0 bridgehead atoms. The molecule has 0 fully saturated rings.